The first kappa shape index (κ1) is 17.9. The fraction of sp³-hybridized carbons (Fsp3) is 0.0909. The molecular weight excluding hydrogens is 376 g/mol. The summed E-state index contributed by atoms with van der Waals surface area (Å²) in [5.74, 6) is 0. The number of benzene rings is 1. The van der Waals surface area contributed by atoms with Crippen molar-refractivity contribution in [3.05, 3.63) is 96.6 Å². The monoisotopic (exact) mass is 394 g/mol. The first-order valence-corrected chi connectivity index (χ1v) is 9.54. The van der Waals surface area contributed by atoms with Crippen LogP contribution in [0.3, 0.4) is 0 Å². The molecule has 0 amide bonds. The van der Waals surface area contributed by atoms with Gasteiger partial charge in [0.25, 0.3) is 0 Å². The standard InChI is InChI=1S/C22H18N8/c1-3-11-23-19(5-1)21-15-29(27-25-21)13-17-7-9-18(10-8-17)14-30-16-22(26-28-30)20-6-2-4-12-24-20/h1-12,15-16H,13-14H2. The van der Waals surface area contributed by atoms with Gasteiger partial charge in [0.1, 0.15) is 11.4 Å². The van der Waals surface area contributed by atoms with E-state index in [9.17, 15) is 0 Å². The molecule has 146 valence electrons. The van der Waals surface area contributed by atoms with E-state index < -0.39 is 0 Å². The quantitative estimate of drug-likeness (QED) is 0.440. The maximum absolute atomic E-state index is 4.31. The van der Waals surface area contributed by atoms with Crippen LogP contribution in [-0.4, -0.2) is 40.0 Å². The van der Waals surface area contributed by atoms with Crippen molar-refractivity contribution < 1.29 is 0 Å². The molecule has 5 aromatic rings. The average Bonchev–Trinajstić information content (AvgIpc) is 3.46. The number of hydrogen-bond donors (Lipinski definition) is 0. The number of hydrogen-bond acceptors (Lipinski definition) is 6. The molecule has 0 saturated heterocycles. The summed E-state index contributed by atoms with van der Waals surface area (Å²) in [6.07, 6.45) is 7.32. The molecule has 4 aromatic heterocycles. The zero-order valence-electron chi connectivity index (χ0n) is 16.1. The third-order valence-corrected chi connectivity index (χ3v) is 4.64. The van der Waals surface area contributed by atoms with Gasteiger partial charge < -0.3 is 0 Å². The molecule has 1 aromatic carbocycles. The molecule has 0 aliphatic carbocycles. The van der Waals surface area contributed by atoms with E-state index in [1.165, 1.54) is 0 Å². The van der Waals surface area contributed by atoms with E-state index in [0.29, 0.717) is 13.1 Å². The van der Waals surface area contributed by atoms with E-state index >= 15 is 0 Å². The van der Waals surface area contributed by atoms with Gasteiger partial charge in [-0.15, -0.1) is 10.2 Å². The molecule has 0 aliphatic rings. The van der Waals surface area contributed by atoms with Gasteiger partial charge in [0.05, 0.1) is 36.9 Å². The minimum atomic E-state index is 0.646. The second-order valence-corrected chi connectivity index (χ2v) is 6.85. The lowest BCUT2D eigenvalue weighted by Crippen LogP contribution is -2.02. The summed E-state index contributed by atoms with van der Waals surface area (Å²) in [5.41, 5.74) is 5.45. The summed E-state index contributed by atoms with van der Waals surface area (Å²) >= 11 is 0. The lowest BCUT2D eigenvalue weighted by molar-refractivity contribution is 0.643. The third kappa shape index (κ3) is 3.97. The molecule has 0 unspecified atom stereocenters. The van der Waals surface area contributed by atoms with Gasteiger partial charge in [0, 0.05) is 12.4 Å². The van der Waals surface area contributed by atoms with Gasteiger partial charge in [-0.3, -0.25) is 9.97 Å². The average molecular weight is 394 g/mol. The highest BCUT2D eigenvalue weighted by Gasteiger charge is 2.07. The Morgan fingerprint density at radius 1 is 0.533 bits per heavy atom. The minimum absolute atomic E-state index is 0.646. The van der Waals surface area contributed by atoms with Crippen molar-refractivity contribution in [2.75, 3.05) is 0 Å². The largest absolute Gasteiger partial charge is 0.254 e. The van der Waals surface area contributed by atoms with Gasteiger partial charge in [-0.1, -0.05) is 46.8 Å². The van der Waals surface area contributed by atoms with E-state index in [-0.39, 0.29) is 0 Å². The molecular formula is C22H18N8. The fourth-order valence-electron chi connectivity index (χ4n) is 3.14. The first-order chi connectivity index (χ1) is 14.8. The number of nitrogens with zero attached hydrogens (tertiary/aromatic N) is 8. The predicted molar refractivity (Wildman–Crippen MR) is 111 cm³/mol. The lowest BCUT2D eigenvalue weighted by atomic mass is 10.1. The fourth-order valence-corrected chi connectivity index (χ4v) is 3.14. The molecule has 0 bridgehead atoms. The number of rotatable bonds is 6. The summed E-state index contributed by atoms with van der Waals surface area (Å²) in [7, 11) is 0. The van der Waals surface area contributed by atoms with Gasteiger partial charge in [-0.05, 0) is 35.4 Å². The zero-order chi connectivity index (χ0) is 20.2. The first-order valence-electron chi connectivity index (χ1n) is 9.54. The Kier molecular flexibility index (Phi) is 4.79. The number of pyridine rings is 2. The highest BCUT2D eigenvalue weighted by Crippen LogP contribution is 2.15. The SMILES string of the molecule is c1ccc(-c2cn(Cc3ccc(Cn4cc(-c5ccccn5)nn4)cc3)nn2)nc1. The molecule has 8 nitrogen and oxygen atoms in total. The van der Waals surface area contributed by atoms with Crippen molar-refractivity contribution in [2.45, 2.75) is 13.1 Å². The van der Waals surface area contributed by atoms with Crippen molar-refractivity contribution in [1.82, 2.24) is 40.0 Å². The Bertz CT molecular complexity index is 1130. The highest BCUT2D eigenvalue weighted by atomic mass is 15.4. The van der Waals surface area contributed by atoms with Gasteiger partial charge in [-0.25, -0.2) is 9.36 Å². The van der Waals surface area contributed by atoms with Crippen LogP contribution in [0, 0.1) is 0 Å². The Morgan fingerprint density at radius 3 is 1.40 bits per heavy atom. The van der Waals surface area contributed by atoms with Gasteiger partial charge >= 0.3 is 0 Å². The molecule has 0 atom stereocenters. The molecule has 30 heavy (non-hydrogen) atoms. The van der Waals surface area contributed by atoms with Crippen molar-refractivity contribution in [3.8, 4) is 22.8 Å². The molecule has 4 heterocycles. The van der Waals surface area contributed by atoms with Crippen LogP contribution in [0.15, 0.2) is 85.5 Å². The van der Waals surface area contributed by atoms with Crippen LogP contribution >= 0.6 is 0 Å². The summed E-state index contributed by atoms with van der Waals surface area (Å²) in [4.78, 5) is 8.62. The molecule has 0 fully saturated rings. The Balaban J connectivity index is 1.24. The predicted octanol–water partition coefficient (Wildman–Crippen LogP) is 3.09. The highest BCUT2D eigenvalue weighted by molar-refractivity contribution is 5.52. The van der Waals surface area contributed by atoms with Crippen LogP contribution in [0.1, 0.15) is 11.1 Å². The van der Waals surface area contributed by atoms with Crippen LogP contribution in [0.5, 0.6) is 0 Å². The molecule has 0 aliphatic heterocycles. The van der Waals surface area contributed by atoms with Crippen molar-refractivity contribution in [1.29, 1.82) is 0 Å². The lowest BCUT2D eigenvalue weighted by Gasteiger charge is -2.04. The Hall–Kier alpha value is -4.20. The molecule has 0 spiro atoms. The van der Waals surface area contributed by atoms with Crippen LogP contribution in [0.4, 0.5) is 0 Å². The maximum atomic E-state index is 4.31. The molecule has 8 heteroatoms. The Labute approximate surface area is 172 Å². The van der Waals surface area contributed by atoms with E-state index in [1.807, 2.05) is 58.2 Å². The summed E-state index contributed by atoms with van der Waals surface area (Å²) in [6, 6.07) is 19.9. The minimum Gasteiger partial charge on any atom is -0.254 e. The topological polar surface area (TPSA) is 87.2 Å². The van der Waals surface area contributed by atoms with E-state index in [2.05, 4.69) is 54.9 Å². The van der Waals surface area contributed by atoms with E-state index in [0.717, 1.165) is 33.9 Å². The molecule has 0 radical (unpaired) electrons. The van der Waals surface area contributed by atoms with Crippen LogP contribution in [0.2, 0.25) is 0 Å². The van der Waals surface area contributed by atoms with Gasteiger partial charge in [-0.2, -0.15) is 0 Å². The number of aromatic nitrogens is 8. The van der Waals surface area contributed by atoms with Crippen molar-refractivity contribution in [2.24, 2.45) is 0 Å². The second kappa shape index (κ2) is 8.04. The third-order valence-electron chi connectivity index (χ3n) is 4.64. The molecule has 5 rings (SSSR count). The van der Waals surface area contributed by atoms with Gasteiger partial charge in [0.2, 0.25) is 0 Å². The summed E-state index contributed by atoms with van der Waals surface area (Å²) in [5, 5.41) is 16.8. The van der Waals surface area contributed by atoms with Crippen molar-refractivity contribution >= 4 is 0 Å². The van der Waals surface area contributed by atoms with Crippen LogP contribution < -0.4 is 0 Å². The maximum Gasteiger partial charge on any atom is 0.131 e. The zero-order valence-corrected chi connectivity index (χ0v) is 16.1. The van der Waals surface area contributed by atoms with Crippen molar-refractivity contribution in [3.63, 3.8) is 0 Å². The van der Waals surface area contributed by atoms with E-state index in [1.54, 1.807) is 12.4 Å². The second-order valence-electron chi connectivity index (χ2n) is 6.85. The smallest absolute Gasteiger partial charge is 0.131 e. The molecule has 0 N–H and O–H groups in total. The molecule has 0 saturated carbocycles. The summed E-state index contributed by atoms with van der Waals surface area (Å²) < 4.78 is 3.63. The normalized spacial score (nSPS) is 10.9. The van der Waals surface area contributed by atoms with Gasteiger partial charge in [0.15, 0.2) is 0 Å². The van der Waals surface area contributed by atoms with Crippen LogP contribution in [-0.2, 0) is 13.1 Å². The van der Waals surface area contributed by atoms with E-state index in [4.69, 9.17) is 0 Å². The van der Waals surface area contributed by atoms with Crippen LogP contribution in [0.25, 0.3) is 22.8 Å². The Morgan fingerprint density at radius 2 is 1.00 bits per heavy atom. The summed E-state index contributed by atoms with van der Waals surface area (Å²) in [6.45, 7) is 1.29.